The van der Waals surface area contributed by atoms with Crippen molar-refractivity contribution < 1.29 is 65.4 Å². The van der Waals surface area contributed by atoms with Crippen molar-refractivity contribution in [3.63, 3.8) is 0 Å². The van der Waals surface area contributed by atoms with Gasteiger partial charge in [-0.25, -0.2) is 0 Å². The number of Topliss-reactive ketones (excluding diaryl/α,β-unsaturated/α-hetero) is 2. The zero-order valence-corrected chi connectivity index (χ0v) is 87.5. The van der Waals surface area contributed by atoms with Crippen LogP contribution in [0.3, 0.4) is 0 Å². The lowest BCUT2D eigenvalue weighted by molar-refractivity contribution is -0.131. The molecule has 0 aliphatic heterocycles. The van der Waals surface area contributed by atoms with Gasteiger partial charge in [0.05, 0.1) is 23.3 Å². The largest absolute Gasteiger partial charge is 0.432 e. The van der Waals surface area contributed by atoms with Crippen molar-refractivity contribution >= 4 is 136 Å². The van der Waals surface area contributed by atoms with Crippen LogP contribution in [-0.2, 0) is 43.0 Å². The number of anilines is 3. The molecule has 2 N–H and O–H groups in total. The second kappa shape index (κ2) is 89.6. The van der Waals surface area contributed by atoms with Crippen LogP contribution in [0.1, 0.15) is 232 Å². The maximum Gasteiger partial charge on any atom is 0.388 e. The molecule has 666 valence electrons. The molecule has 0 fully saturated rings. The first-order valence-electron chi connectivity index (χ1n) is 40.3. The first-order valence-corrected chi connectivity index (χ1v) is 56.6. The number of ketones is 2. The molecule has 0 bridgehead atoms. The number of carbonyl (C=O) groups is 7. The Balaban J connectivity index is -0.0000000874. The van der Waals surface area contributed by atoms with Crippen molar-refractivity contribution in [3.05, 3.63) is 91.0 Å². The van der Waals surface area contributed by atoms with Crippen molar-refractivity contribution in [2.75, 3.05) is 87.3 Å². The summed E-state index contributed by atoms with van der Waals surface area (Å²) < 4.78 is 52.8. The minimum atomic E-state index is -3.96. The Bertz CT molecular complexity index is 2480. The molecule has 0 aliphatic carbocycles. The van der Waals surface area contributed by atoms with E-state index in [0.717, 1.165) is 85.1 Å². The van der Waals surface area contributed by atoms with Crippen molar-refractivity contribution in [1.29, 1.82) is 0 Å². The first kappa shape index (κ1) is 137. The van der Waals surface area contributed by atoms with Gasteiger partial charge in [-0.2, -0.15) is 13.2 Å². The smallest absolute Gasteiger partial charge is 0.388 e. The Hall–Kier alpha value is -3.72. The molecule has 25 heteroatoms. The van der Waals surface area contributed by atoms with E-state index in [1.54, 1.807) is 44.5 Å². The van der Waals surface area contributed by atoms with E-state index in [9.17, 15) is 51.1 Å². The van der Waals surface area contributed by atoms with Gasteiger partial charge in [0.15, 0.2) is 14.1 Å². The van der Waals surface area contributed by atoms with Crippen molar-refractivity contribution in [2.24, 2.45) is 5.92 Å². The molecule has 3 aromatic carbocycles. The van der Waals surface area contributed by atoms with E-state index in [1.165, 1.54) is 71.9 Å². The Morgan fingerprint density at radius 3 is 0.893 bits per heavy atom. The summed E-state index contributed by atoms with van der Waals surface area (Å²) in [6.07, 6.45) is 3.42. The Labute approximate surface area is 719 Å². The molecule has 0 aromatic heterocycles. The number of nitrogens with one attached hydrogen (secondary N) is 1. The van der Waals surface area contributed by atoms with Crippen LogP contribution >= 0.6 is 45.2 Å². The van der Waals surface area contributed by atoms with Crippen LogP contribution in [0.4, 0.5) is 34.6 Å². The average molecular weight is 1890 g/mol. The molecule has 0 aliphatic rings. The lowest BCUT2D eigenvalue weighted by Gasteiger charge is -2.30. The fourth-order valence-electron chi connectivity index (χ4n) is 5.76. The first-order chi connectivity index (χ1) is 51.2. The predicted octanol–water partition coefficient (Wildman–Crippen LogP) is 25.9. The van der Waals surface area contributed by atoms with Gasteiger partial charge in [-0.15, -0.1) is 0 Å². The number of hydrogen-bond donors (Lipinski definition) is 2. The van der Waals surface area contributed by atoms with E-state index in [4.69, 9.17) is 14.3 Å². The number of amides is 5. The summed E-state index contributed by atoms with van der Waals surface area (Å²) in [5, 5.41) is 2.57. The van der Waals surface area contributed by atoms with Gasteiger partial charge in [-0.05, 0) is 137 Å². The summed E-state index contributed by atoms with van der Waals surface area (Å²) in [4.78, 5) is 90.4. The monoisotopic (exact) mass is 1890 g/mol. The minimum absolute atomic E-state index is 0.0394. The quantitative estimate of drug-likeness (QED) is 0.0425. The molecular formula is C87H175F4I2N5O10Si4. The highest BCUT2D eigenvalue weighted by Gasteiger charge is 2.26. The van der Waals surface area contributed by atoms with Gasteiger partial charge in [0, 0.05) is 132 Å². The second-order valence-corrected chi connectivity index (χ2v) is 56.2. The Kier molecular flexibility index (Phi) is 110. The average Bonchev–Trinajstić information content (AvgIpc) is 0.860. The SMILES string of the molecule is CC(=O)N(C[Si](C)(C)C)c1ccccc1.CC(C)=O.CCC.CCC(C)(C)I.CCC(C)C.CCC(C)I.CCC(F)(F)F.CCC[Si](C)(C)CN(C(C)=O)c1ccccc1.CCN(C(C)=O)c1ccccc1.CCN(C)C(C)=O.CCNC(C)=O.CCOCC.CCOCC(C)=O.CC[Si](C)(C)C.CC[Si](C)(C)O.CF. The molecule has 1 unspecified atom stereocenters. The summed E-state index contributed by atoms with van der Waals surface area (Å²) in [5.74, 6) is 1.66. The van der Waals surface area contributed by atoms with Crippen LogP contribution in [0.15, 0.2) is 91.0 Å². The fraction of sp³-hybridized carbons (Fsp3) is 0.713. The predicted molar refractivity (Wildman–Crippen MR) is 515 cm³/mol. The Morgan fingerprint density at radius 1 is 0.500 bits per heavy atom. The van der Waals surface area contributed by atoms with Gasteiger partial charge in [0.1, 0.15) is 12.4 Å². The van der Waals surface area contributed by atoms with Crippen LogP contribution in [-0.4, -0.2) is 169 Å². The maximum absolute atomic E-state index is 11.8. The van der Waals surface area contributed by atoms with Crippen molar-refractivity contribution in [3.8, 4) is 0 Å². The number of carbonyl (C=O) groups excluding carboxylic acids is 7. The number of rotatable bonds is 22. The highest BCUT2D eigenvalue weighted by molar-refractivity contribution is 14.1. The number of benzene rings is 3. The zero-order valence-electron chi connectivity index (χ0n) is 79.2. The van der Waals surface area contributed by atoms with Crippen LogP contribution in [0.25, 0.3) is 0 Å². The lowest BCUT2D eigenvalue weighted by Crippen LogP contribution is -2.44. The molecule has 112 heavy (non-hydrogen) atoms. The molecule has 0 radical (unpaired) electrons. The molecular weight excluding hydrogens is 1720 g/mol. The third-order valence-electron chi connectivity index (χ3n) is 13.7. The van der Waals surface area contributed by atoms with Gasteiger partial charge < -0.3 is 44.0 Å². The summed E-state index contributed by atoms with van der Waals surface area (Å²) in [6.45, 7) is 81.1. The standard InChI is InChI=1S/C14H23NOSi.C12H19NOSi.C10H13NO.C5H11I.C5H11NO.C5H10O2.C5H14Si.C5H12.C4H9I.C4H9NO.C4H12OSi.C4H10O.C3H5F3.C3H6O.C3H8.CH3F/c1-5-11-17(3,4)12-15(13(2)16)14-9-7-6-8-10-14;1-11(14)13(10-15(2,3)4)12-8-6-5-7-9-12;1-3-11(9(2)12)10-7-5-4-6-8-10;1-4-5(2,3)6;1-4-6(3)5(2)7;1-3-7-4-5(2)6;1-5-6(2,3)4;1-4-5(2)3;1-3-4(2)5;1-3-5-4(2)6;1-4-6(2,3)5;1-3-5-4-2;1-2-3(4,5)6;1-3(2)4;1-3-2;1-2/h6-10H,5,11-12H2,1-4H3;5-9H,10H2,1-4H3;4-8H,3H2,1-2H3;4H2,1-3H3;4H2,1-3H3;3-4H2,1-2H3;5H2,1-4H3;5H,4H2,1-3H3;4H,3H2,1-2H3;3H2,1-2H3,(H,5,6);5H,4H2,1-3H3;3-4H2,1-2H3;2H2,1H3;1-2H3;3H2,1-2H3;1H3. The summed E-state index contributed by atoms with van der Waals surface area (Å²) >= 11 is 4.85. The van der Waals surface area contributed by atoms with Crippen LogP contribution in [0, 0.1) is 5.92 Å². The highest BCUT2D eigenvalue weighted by atomic mass is 127. The molecule has 15 nitrogen and oxygen atoms in total. The molecule has 0 spiro atoms. The van der Waals surface area contributed by atoms with E-state index >= 15 is 0 Å². The summed E-state index contributed by atoms with van der Waals surface area (Å²) in [6, 6.07) is 33.2. The highest BCUT2D eigenvalue weighted by Crippen LogP contribution is 2.22. The topological polar surface area (TPSA) is 183 Å². The summed E-state index contributed by atoms with van der Waals surface area (Å²) in [7, 11) is -2.55. The summed E-state index contributed by atoms with van der Waals surface area (Å²) in [5.41, 5.74) is 3.00. The third-order valence-corrected chi connectivity index (χ3v) is 23.5. The normalized spacial score (nSPS) is 10.2. The second-order valence-electron chi connectivity index (χ2n) is 30.4. The third kappa shape index (κ3) is 141. The minimum Gasteiger partial charge on any atom is -0.432 e. The van der Waals surface area contributed by atoms with E-state index in [-0.39, 0.29) is 47.7 Å². The number of para-hydroxylation sites is 3. The zero-order chi connectivity index (χ0) is 91.7. The number of halogens is 6. The molecule has 1 atom stereocenters. The van der Waals surface area contributed by atoms with Crippen molar-refractivity contribution in [1.82, 2.24) is 10.2 Å². The molecule has 5 amide bonds. The van der Waals surface area contributed by atoms with Crippen molar-refractivity contribution in [2.45, 2.75) is 330 Å². The lowest BCUT2D eigenvalue weighted by atomic mass is 10.2. The van der Waals surface area contributed by atoms with E-state index in [1.807, 2.05) is 162 Å². The Morgan fingerprint density at radius 2 is 0.777 bits per heavy atom. The molecule has 3 aromatic rings. The number of nitrogens with zero attached hydrogens (tertiary/aromatic N) is 4. The van der Waals surface area contributed by atoms with E-state index in [0.29, 0.717) is 17.2 Å². The van der Waals surface area contributed by atoms with Gasteiger partial charge in [0.2, 0.25) is 29.5 Å². The van der Waals surface area contributed by atoms with Gasteiger partial charge >= 0.3 is 6.18 Å². The van der Waals surface area contributed by atoms with Gasteiger partial charge in [-0.1, -0.05) is 280 Å². The molecule has 0 heterocycles. The molecule has 0 saturated carbocycles. The number of alkyl halides is 6. The number of ether oxygens (including phenoxy) is 2. The molecule has 3 rings (SSSR count). The maximum atomic E-state index is 11.8. The van der Waals surface area contributed by atoms with Crippen LogP contribution in [0.5, 0.6) is 0 Å². The number of hydrogen-bond acceptors (Lipinski definition) is 10. The van der Waals surface area contributed by atoms with Gasteiger partial charge in [0.25, 0.3) is 0 Å². The van der Waals surface area contributed by atoms with Gasteiger partial charge in [-0.3, -0.25) is 33.2 Å². The fourth-order valence-corrected chi connectivity index (χ4v) is 9.89. The van der Waals surface area contributed by atoms with Crippen LogP contribution < -0.4 is 20.0 Å². The molecule has 0 saturated heterocycles. The van der Waals surface area contributed by atoms with Crippen LogP contribution in [0.2, 0.25) is 83.6 Å². The van der Waals surface area contributed by atoms with E-state index < -0.39 is 45.1 Å². The van der Waals surface area contributed by atoms with E-state index in [2.05, 4.69) is 186 Å².